The van der Waals surface area contributed by atoms with Gasteiger partial charge in [0.2, 0.25) is 5.91 Å². The summed E-state index contributed by atoms with van der Waals surface area (Å²) in [7, 11) is 0. The number of carbonyl (C=O) groups excluding carboxylic acids is 1. The highest BCUT2D eigenvalue weighted by Crippen LogP contribution is 2.22. The molecule has 0 aliphatic carbocycles. The van der Waals surface area contributed by atoms with E-state index in [1.54, 1.807) is 0 Å². The smallest absolute Gasteiger partial charge is 0.230 e. The Morgan fingerprint density at radius 2 is 1.76 bits per heavy atom. The predicted molar refractivity (Wildman–Crippen MR) is 100.0 cm³/mol. The van der Waals surface area contributed by atoms with Crippen molar-refractivity contribution in [3.05, 3.63) is 71.0 Å². The Morgan fingerprint density at radius 1 is 1.08 bits per heavy atom. The van der Waals surface area contributed by atoms with Crippen molar-refractivity contribution in [2.24, 2.45) is 0 Å². The molecule has 2 N–H and O–H groups in total. The molecule has 1 aromatic heterocycles. The van der Waals surface area contributed by atoms with E-state index in [-0.39, 0.29) is 18.1 Å². The van der Waals surface area contributed by atoms with Gasteiger partial charge in [0.05, 0.1) is 12.1 Å². The number of carbonyl (C=O) groups is 1. The average molecular weight is 355 g/mol. The molecule has 128 valence electrons. The largest absolute Gasteiger partial charge is 0.332 e. The molecule has 0 aliphatic rings. The van der Waals surface area contributed by atoms with Gasteiger partial charge in [-0.15, -0.1) is 11.3 Å². The number of halogens is 1. The summed E-state index contributed by atoms with van der Waals surface area (Å²) >= 11 is 1.45. The summed E-state index contributed by atoms with van der Waals surface area (Å²) in [4.78, 5) is 16.5. The van der Waals surface area contributed by atoms with Crippen molar-refractivity contribution in [3.63, 3.8) is 0 Å². The summed E-state index contributed by atoms with van der Waals surface area (Å²) in [5, 5.41) is 8.57. The monoisotopic (exact) mass is 355 g/mol. The molecule has 0 radical (unpaired) electrons. The molecule has 2 aromatic carbocycles. The van der Waals surface area contributed by atoms with Gasteiger partial charge < -0.3 is 10.6 Å². The number of aryl methyl sites for hydroxylation is 1. The van der Waals surface area contributed by atoms with Crippen LogP contribution in [-0.2, 0) is 17.6 Å². The van der Waals surface area contributed by atoms with Crippen LogP contribution in [0.3, 0.4) is 0 Å². The van der Waals surface area contributed by atoms with Crippen molar-refractivity contribution in [1.82, 2.24) is 4.98 Å². The van der Waals surface area contributed by atoms with E-state index in [9.17, 15) is 9.18 Å². The molecule has 1 heterocycles. The second kappa shape index (κ2) is 7.90. The zero-order valence-corrected chi connectivity index (χ0v) is 14.6. The molecule has 1 amide bonds. The average Bonchev–Trinajstić information content (AvgIpc) is 3.04. The fourth-order valence-electron chi connectivity index (χ4n) is 2.30. The topological polar surface area (TPSA) is 54.0 Å². The van der Waals surface area contributed by atoms with Gasteiger partial charge in [0.1, 0.15) is 5.82 Å². The van der Waals surface area contributed by atoms with Crippen LogP contribution in [0.15, 0.2) is 53.9 Å². The van der Waals surface area contributed by atoms with Gasteiger partial charge in [-0.2, -0.15) is 0 Å². The lowest BCUT2D eigenvalue weighted by Crippen LogP contribution is -2.14. The Morgan fingerprint density at radius 3 is 2.44 bits per heavy atom. The molecule has 0 atom stereocenters. The number of nitrogens with one attached hydrogen (secondary N) is 2. The number of hydrogen-bond acceptors (Lipinski definition) is 4. The summed E-state index contributed by atoms with van der Waals surface area (Å²) in [6, 6.07) is 13.9. The highest BCUT2D eigenvalue weighted by atomic mass is 32.1. The van der Waals surface area contributed by atoms with Crippen molar-refractivity contribution in [3.8, 4) is 0 Å². The molecule has 0 aliphatic heterocycles. The maximum absolute atomic E-state index is 12.9. The van der Waals surface area contributed by atoms with Gasteiger partial charge in [-0.3, -0.25) is 4.79 Å². The lowest BCUT2D eigenvalue weighted by Gasteiger charge is -2.04. The van der Waals surface area contributed by atoms with E-state index in [2.05, 4.69) is 34.7 Å². The van der Waals surface area contributed by atoms with Crippen molar-refractivity contribution in [2.45, 2.75) is 19.8 Å². The third-order valence-corrected chi connectivity index (χ3v) is 4.44. The van der Waals surface area contributed by atoms with E-state index < -0.39 is 0 Å². The summed E-state index contributed by atoms with van der Waals surface area (Å²) in [6.45, 7) is 2.12. The van der Waals surface area contributed by atoms with Gasteiger partial charge in [0.15, 0.2) is 5.13 Å². The number of thiazole rings is 1. The summed E-state index contributed by atoms with van der Waals surface area (Å²) in [5.41, 5.74) is 3.50. The maximum atomic E-state index is 12.9. The normalized spacial score (nSPS) is 10.5. The van der Waals surface area contributed by atoms with Gasteiger partial charge in [-0.05, 0) is 48.4 Å². The van der Waals surface area contributed by atoms with Crippen LogP contribution in [0.5, 0.6) is 0 Å². The molecule has 4 nitrogen and oxygen atoms in total. The molecule has 6 heteroatoms. The lowest BCUT2D eigenvalue weighted by molar-refractivity contribution is -0.115. The Balaban J connectivity index is 1.57. The van der Waals surface area contributed by atoms with Crippen LogP contribution >= 0.6 is 11.3 Å². The molecular formula is C19H18FN3OS. The minimum absolute atomic E-state index is 0.171. The fraction of sp³-hybridized carbons (Fsp3) is 0.158. The molecule has 0 saturated carbocycles. The molecule has 0 bridgehead atoms. The van der Waals surface area contributed by atoms with Crippen molar-refractivity contribution >= 4 is 33.8 Å². The Kier molecular flexibility index (Phi) is 5.40. The molecule has 3 rings (SSSR count). The zero-order valence-electron chi connectivity index (χ0n) is 13.8. The third-order valence-electron chi connectivity index (χ3n) is 3.63. The van der Waals surface area contributed by atoms with E-state index in [1.807, 2.05) is 17.5 Å². The van der Waals surface area contributed by atoms with Crippen LogP contribution in [0.1, 0.15) is 18.2 Å². The molecule has 0 fully saturated rings. The van der Waals surface area contributed by atoms with Crippen LogP contribution in [0.4, 0.5) is 20.9 Å². The molecule has 0 unspecified atom stereocenters. The van der Waals surface area contributed by atoms with Crippen LogP contribution in [0.2, 0.25) is 0 Å². The highest BCUT2D eigenvalue weighted by Gasteiger charge is 2.08. The fourth-order valence-corrected chi connectivity index (χ4v) is 3.03. The zero-order chi connectivity index (χ0) is 17.6. The van der Waals surface area contributed by atoms with Crippen LogP contribution in [0.25, 0.3) is 0 Å². The predicted octanol–water partition coefficient (Wildman–Crippen LogP) is 4.77. The van der Waals surface area contributed by atoms with Crippen molar-refractivity contribution in [2.75, 3.05) is 10.6 Å². The standard InChI is InChI=1S/C19H18FN3OS/c1-2-13-3-7-16(8-4-13)22-19-23-17(12-25-19)11-18(24)21-15-9-5-14(20)6-10-15/h3-10,12H,2,11H2,1H3,(H,21,24)(H,22,23). The van der Waals surface area contributed by atoms with E-state index in [4.69, 9.17) is 0 Å². The first-order valence-electron chi connectivity index (χ1n) is 7.98. The Bertz CT molecular complexity index is 844. The van der Waals surface area contributed by atoms with Crippen LogP contribution in [-0.4, -0.2) is 10.9 Å². The second-order valence-electron chi connectivity index (χ2n) is 5.55. The SMILES string of the molecule is CCc1ccc(Nc2nc(CC(=O)Nc3ccc(F)cc3)cs2)cc1. The number of nitrogens with zero attached hydrogens (tertiary/aromatic N) is 1. The first kappa shape index (κ1) is 17.1. The number of aromatic nitrogens is 1. The number of amides is 1. The van der Waals surface area contributed by atoms with Gasteiger partial charge in [0, 0.05) is 16.8 Å². The highest BCUT2D eigenvalue weighted by molar-refractivity contribution is 7.13. The van der Waals surface area contributed by atoms with Gasteiger partial charge in [-0.1, -0.05) is 19.1 Å². The van der Waals surface area contributed by atoms with Gasteiger partial charge in [0.25, 0.3) is 0 Å². The number of benzene rings is 2. The van der Waals surface area contributed by atoms with E-state index >= 15 is 0 Å². The molecular weight excluding hydrogens is 337 g/mol. The van der Waals surface area contributed by atoms with Gasteiger partial charge >= 0.3 is 0 Å². The van der Waals surface area contributed by atoms with Crippen LogP contribution < -0.4 is 10.6 Å². The first-order chi connectivity index (χ1) is 12.1. The minimum atomic E-state index is -0.333. The maximum Gasteiger partial charge on any atom is 0.230 e. The van der Waals surface area contributed by atoms with Crippen molar-refractivity contribution < 1.29 is 9.18 Å². The first-order valence-corrected chi connectivity index (χ1v) is 8.86. The quantitative estimate of drug-likeness (QED) is 0.670. The summed E-state index contributed by atoms with van der Waals surface area (Å²) < 4.78 is 12.9. The summed E-state index contributed by atoms with van der Waals surface area (Å²) in [6.07, 6.45) is 1.18. The Hall–Kier alpha value is -2.73. The second-order valence-corrected chi connectivity index (χ2v) is 6.41. The van der Waals surface area contributed by atoms with Gasteiger partial charge in [-0.25, -0.2) is 9.37 Å². The van der Waals surface area contributed by atoms with E-state index in [1.165, 1.54) is 41.2 Å². The number of hydrogen-bond donors (Lipinski definition) is 2. The molecule has 25 heavy (non-hydrogen) atoms. The lowest BCUT2D eigenvalue weighted by atomic mass is 10.1. The number of rotatable bonds is 6. The number of anilines is 3. The molecule has 0 saturated heterocycles. The van der Waals surface area contributed by atoms with Crippen LogP contribution in [0, 0.1) is 5.82 Å². The third kappa shape index (κ3) is 4.87. The van der Waals surface area contributed by atoms with E-state index in [0.717, 1.165) is 17.2 Å². The van der Waals surface area contributed by atoms with E-state index in [0.29, 0.717) is 11.4 Å². The minimum Gasteiger partial charge on any atom is -0.332 e. The summed E-state index contributed by atoms with van der Waals surface area (Å²) in [5.74, 6) is -0.518. The van der Waals surface area contributed by atoms with Crippen molar-refractivity contribution in [1.29, 1.82) is 0 Å². The Labute approximate surface area is 149 Å². The molecule has 3 aromatic rings. The molecule has 0 spiro atoms.